The minimum atomic E-state index is 0.0577. The van der Waals surface area contributed by atoms with Crippen LogP contribution in [0.15, 0.2) is 35.7 Å². The molecule has 1 heterocycles. The molecule has 1 aromatic carbocycles. The molecular formula is C16H21N2OS+. The lowest BCUT2D eigenvalue weighted by atomic mass is 10.1. The third kappa shape index (κ3) is 4.18. The number of aryl methyl sites for hydroxylation is 2. The highest BCUT2D eigenvalue weighted by Gasteiger charge is 2.11. The van der Waals surface area contributed by atoms with Crippen molar-refractivity contribution in [1.29, 1.82) is 0 Å². The lowest BCUT2D eigenvalue weighted by molar-refractivity contribution is -0.884. The molecule has 2 rings (SSSR count). The first-order chi connectivity index (χ1) is 9.54. The largest absolute Gasteiger partial charge is 0.325 e. The Balaban J connectivity index is 1.87. The average molecular weight is 289 g/mol. The summed E-state index contributed by atoms with van der Waals surface area (Å²) in [6.45, 7) is 5.49. The first kappa shape index (κ1) is 14.8. The van der Waals surface area contributed by atoms with Crippen molar-refractivity contribution in [3.63, 3.8) is 0 Å². The molecule has 0 aliphatic carbocycles. The molecule has 0 aliphatic heterocycles. The summed E-state index contributed by atoms with van der Waals surface area (Å²) >= 11 is 1.73. The monoisotopic (exact) mass is 289 g/mol. The van der Waals surface area contributed by atoms with Crippen LogP contribution in [0.4, 0.5) is 5.69 Å². The van der Waals surface area contributed by atoms with Crippen molar-refractivity contribution in [3.05, 3.63) is 51.7 Å². The van der Waals surface area contributed by atoms with Gasteiger partial charge in [-0.3, -0.25) is 4.79 Å². The Kier molecular flexibility index (Phi) is 4.93. The molecule has 0 saturated carbocycles. The third-order valence-corrected chi connectivity index (χ3v) is 4.19. The molecule has 1 amide bonds. The SMILES string of the molecule is Cc1ccc(NC(=O)C[NH+](C)Cc2cccs2)cc1C. The number of rotatable bonds is 5. The van der Waals surface area contributed by atoms with Gasteiger partial charge in [0.1, 0.15) is 6.54 Å². The second-order valence-corrected chi connectivity index (χ2v) is 6.27. The van der Waals surface area contributed by atoms with Gasteiger partial charge < -0.3 is 10.2 Å². The lowest BCUT2D eigenvalue weighted by Gasteiger charge is -2.13. The van der Waals surface area contributed by atoms with E-state index < -0.39 is 0 Å². The number of nitrogens with one attached hydrogen (secondary N) is 2. The van der Waals surface area contributed by atoms with Crippen LogP contribution in [0.25, 0.3) is 0 Å². The lowest BCUT2D eigenvalue weighted by Crippen LogP contribution is -3.08. The van der Waals surface area contributed by atoms with Crippen LogP contribution in [-0.4, -0.2) is 19.5 Å². The van der Waals surface area contributed by atoms with Gasteiger partial charge in [-0.25, -0.2) is 0 Å². The summed E-state index contributed by atoms with van der Waals surface area (Å²) in [5.74, 6) is 0.0577. The van der Waals surface area contributed by atoms with Gasteiger partial charge in [0.15, 0.2) is 6.54 Å². The molecule has 2 N–H and O–H groups in total. The summed E-state index contributed by atoms with van der Waals surface area (Å²) in [7, 11) is 2.04. The van der Waals surface area contributed by atoms with E-state index in [1.165, 1.54) is 20.9 Å². The van der Waals surface area contributed by atoms with E-state index in [-0.39, 0.29) is 5.91 Å². The number of benzene rings is 1. The predicted octanol–water partition coefficient (Wildman–Crippen LogP) is 2.02. The number of carbonyl (C=O) groups excluding carboxylic acids is 1. The van der Waals surface area contributed by atoms with Crippen LogP contribution in [0.2, 0.25) is 0 Å². The second-order valence-electron chi connectivity index (χ2n) is 5.24. The molecule has 0 radical (unpaired) electrons. The minimum absolute atomic E-state index is 0.0577. The normalized spacial score (nSPS) is 12.2. The number of hydrogen-bond donors (Lipinski definition) is 2. The van der Waals surface area contributed by atoms with Gasteiger partial charge in [-0.15, -0.1) is 11.3 Å². The van der Waals surface area contributed by atoms with Gasteiger partial charge >= 0.3 is 0 Å². The number of anilines is 1. The average Bonchev–Trinajstić information content (AvgIpc) is 2.86. The van der Waals surface area contributed by atoms with E-state index in [0.29, 0.717) is 6.54 Å². The molecule has 0 aliphatic rings. The zero-order chi connectivity index (χ0) is 14.5. The number of likely N-dealkylation sites (N-methyl/N-ethyl adjacent to an activating group) is 1. The van der Waals surface area contributed by atoms with E-state index in [0.717, 1.165) is 12.2 Å². The first-order valence-corrected chi connectivity index (χ1v) is 7.63. The van der Waals surface area contributed by atoms with Crippen LogP contribution >= 0.6 is 11.3 Å². The van der Waals surface area contributed by atoms with Crippen molar-refractivity contribution in [2.75, 3.05) is 18.9 Å². The first-order valence-electron chi connectivity index (χ1n) is 6.75. The van der Waals surface area contributed by atoms with Crippen molar-refractivity contribution < 1.29 is 9.69 Å². The Morgan fingerprint density at radius 1 is 1.25 bits per heavy atom. The van der Waals surface area contributed by atoms with E-state index in [1.54, 1.807) is 11.3 Å². The molecule has 1 aromatic heterocycles. The third-order valence-electron chi connectivity index (χ3n) is 3.31. The van der Waals surface area contributed by atoms with Crippen LogP contribution in [0.3, 0.4) is 0 Å². The fourth-order valence-electron chi connectivity index (χ4n) is 2.07. The van der Waals surface area contributed by atoms with Gasteiger partial charge in [0, 0.05) is 5.69 Å². The van der Waals surface area contributed by atoms with Gasteiger partial charge in [-0.1, -0.05) is 12.1 Å². The van der Waals surface area contributed by atoms with E-state index in [1.807, 2.05) is 31.3 Å². The Morgan fingerprint density at radius 3 is 2.70 bits per heavy atom. The highest BCUT2D eigenvalue weighted by molar-refractivity contribution is 7.09. The minimum Gasteiger partial charge on any atom is -0.325 e. The smallest absolute Gasteiger partial charge is 0.279 e. The molecule has 1 unspecified atom stereocenters. The summed E-state index contributed by atoms with van der Waals surface area (Å²) < 4.78 is 0. The van der Waals surface area contributed by atoms with Crippen LogP contribution in [0.1, 0.15) is 16.0 Å². The van der Waals surface area contributed by atoms with E-state index >= 15 is 0 Å². The van der Waals surface area contributed by atoms with Gasteiger partial charge in [0.05, 0.1) is 11.9 Å². The van der Waals surface area contributed by atoms with Crippen LogP contribution in [-0.2, 0) is 11.3 Å². The molecule has 4 heteroatoms. The van der Waals surface area contributed by atoms with Crippen molar-refractivity contribution >= 4 is 22.9 Å². The van der Waals surface area contributed by atoms with Crippen LogP contribution in [0.5, 0.6) is 0 Å². The van der Waals surface area contributed by atoms with Gasteiger partial charge in [0.2, 0.25) is 0 Å². The number of hydrogen-bond acceptors (Lipinski definition) is 2. The fraction of sp³-hybridized carbons (Fsp3) is 0.312. The standard InChI is InChI=1S/C16H20N2OS/c1-12-6-7-14(9-13(12)2)17-16(19)11-18(3)10-15-5-4-8-20-15/h4-9H,10-11H2,1-3H3,(H,17,19)/p+1. The molecule has 106 valence electrons. The van der Waals surface area contributed by atoms with E-state index in [9.17, 15) is 4.79 Å². The zero-order valence-corrected chi connectivity index (χ0v) is 13.0. The fourth-order valence-corrected chi connectivity index (χ4v) is 2.89. The Morgan fingerprint density at radius 2 is 2.05 bits per heavy atom. The van der Waals surface area contributed by atoms with Gasteiger partial charge in [-0.05, 0) is 48.6 Å². The van der Waals surface area contributed by atoms with Gasteiger partial charge in [0.25, 0.3) is 5.91 Å². The maximum Gasteiger partial charge on any atom is 0.279 e. The van der Waals surface area contributed by atoms with Crippen molar-refractivity contribution in [1.82, 2.24) is 0 Å². The molecule has 0 bridgehead atoms. The molecule has 3 nitrogen and oxygen atoms in total. The summed E-state index contributed by atoms with van der Waals surface area (Å²) in [5.41, 5.74) is 3.31. The highest BCUT2D eigenvalue weighted by Crippen LogP contribution is 2.13. The summed E-state index contributed by atoms with van der Waals surface area (Å²) in [4.78, 5) is 14.5. The maximum atomic E-state index is 12.0. The number of carbonyl (C=O) groups is 1. The molecular weight excluding hydrogens is 268 g/mol. The molecule has 1 atom stereocenters. The topological polar surface area (TPSA) is 33.5 Å². The Bertz CT molecular complexity index is 578. The number of quaternary nitrogens is 1. The van der Waals surface area contributed by atoms with Crippen molar-refractivity contribution in [2.45, 2.75) is 20.4 Å². The molecule has 0 saturated heterocycles. The van der Waals surface area contributed by atoms with Crippen molar-refractivity contribution in [3.8, 4) is 0 Å². The maximum absolute atomic E-state index is 12.0. The second kappa shape index (κ2) is 6.68. The molecule has 20 heavy (non-hydrogen) atoms. The highest BCUT2D eigenvalue weighted by atomic mass is 32.1. The van der Waals surface area contributed by atoms with E-state index in [4.69, 9.17) is 0 Å². The Hall–Kier alpha value is -1.65. The zero-order valence-electron chi connectivity index (χ0n) is 12.2. The van der Waals surface area contributed by atoms with Crippen LogP contribution < -0.4 is 10.2 Å². The predicted molar refractivity (Wildman–Crippen MR) is 84.3 cm³/mol. The van der Waals surface area contributed by atoms with Crippen LogP contribution in [0, 0.1) is 13.8 Å². The molecule has 0 fully saturated rings. The van der Waals surface area contributed by atoms with Gasteiger partial charge in [-0.2, -0.15) is 0 Å². The summed E-state index contributed by atoms with van der Waals surface area (Å²) in [5, 5.41) is 5.03. The molecule has 0 spiro atoms. The van der Waals surface area contributed by atoms with E-state index in [2.05, 4.69) is 30.6 Å². The molecule has 2 aromatic rings. The van der Waals surface area contributed by atoms with Crippen molar-refractivity contribution in [2.24, 2.45) is 0 Å². The summed E-state index contributed by atoms with van der Waals surface area (Å²) in [6, 6.07) is 10.2. The number of thiophene rings is 1. The quantitative estimate of drug-likeness (QED) is 0.867. The number of amides is 1. The summed E-state index contributed by atoms with van der Waals surface area (Å²) in [6.07, 6.45) is 0. The Labute approximate surface area is 124 Å².